The van der Waals surface area contributed by atoms with Crippen LogP contribution in [0.5, 0.6) is 0 Å². The quantitative estimate of drug-likeness (QED) is 0.603. The third-order valence-corrected chi connectivity index (χ3v) is 3.96. The largest absolute Gasteiger partial charge is 0.461 e. The zero-order valence-corrected chi connectivity index (χ0v) is 13.1. The van der Waals surface area contributed by atoms with Crippen LogP contribution in [0.2, 0.25) is 0 Å². The lowest BCUT2D eigenvalue weighted by Gasteiger charge is -2.24. The Bertz CT molecular complexity index is 690. The summed E-state index contributed by atoms with van der Waals surface area (Å²) in [6.45, 7) is 1.20. The molecule has 2 heterocycles. The molecule has 0 saturated carbocycles. The second-order valence-corrected chi connectivity index (χ2v) is 5.75. The molecule has 1 saturated heterocycles. The number of carbonyl (C=O) groups excluding carboxylic acids is 2. The number of furan rings is 1. The summed E-state index contributed by atoms with van der Waals surface area (Å²) in [6.07, 6.45) is 3.06. The summed E-state index contributed by atoms with van der Waals surface area (Å²) >= 11 is 0. The molecule has 1 amide bonds. The maximum Gasteiger partial charge on any atom is 0.298 e. The van der Waals surface area contributed by atoms with Gasteiger partial charge in [0.05, 0.1) is 12.4 Å². The first-order valence-electron chi connectivity index (χ1n) is 7.86. The van der Waals surface area contributed by atoms with Crippen molar-refractivity contribution < 1.29 is 23.1 Å². The van der Waals surface area contributed by atoms with Gasteiger partial charge in [-0.1, -0.05) is 12.1 Å². The van der Waals surface area contributed by atoms with Crippen LogP contribution >= 0.6 is 0 Å². The van der Waals surface area contributed by atoms with Gasteiger partial charge in [0.25, 0.3) is 11.7 Å². The van der Waals surface area contributed by atoms with Crippen LogP contribution in [0.3, 0.4) is 0 Å². The Kier molecular flexibility index (Phi) is 5.05. The van der Waals surface area contributed by atoms with Crippen LogP contribution in [0.1, 0.15) is 29.0 Å². The maximum atomic E-state index is 13.1. The van der Waals surface area contributed by atoms with Gasteiger partial charge in [0, 0.05) is 19.7 Å². The van der Waals surface area contributed by atoms with E-state index >= 15 is 0 Å². The molecule has 0 N–H and O–H groups in total. The minimum atomic E-state index is -0.694. The van der Waals surface area contributed by atoms with E-state index in [9.17, 15) is 14.0 Å². The highest BCUT2D eigenvalue weighted by atomic mass is 19.1. The van der Waals surface area contributed by atoms with Crippen molar-refractivity contribution in [2.45, 2.75) is 25.5 Å². The van der Waals surface area contributed by atoms with Gasteiger partial charge in [-0.05, 0) is 42.7 Å². The fourth-order valence-corrected chi connectivity index (χ4v) is 2.72. The summed E-state index contributed by atoms with van der Waals surface area (Å²) in [6, 6.07) is 8.88. The topological polar surface area (TPSA) is 59.8 Å². The molecule has 1 aliphatic rings. The highest BCUT2D eigenvalue weighted by Gasteiger charge is 2.28. The van der Waals surface area contributed by atoms with Gasteiger partial charge in [0.15, 0.2) is 5.76 Å². The summed E-state index contributed by atoms with van der Waals surface area (Å²) in [5, 5.41) is 0. The van der Waals surface area contributed by atoms with Crippen LogP contribution in [0.15, 0.2) is 47.1 Å². The van der Waals surface area contributed by atoms with Gasteiger partial charge in [-0.3, -0.25) is 9.59 Å². The number of nitrogens with zero attached hydrogens (tertiary/aromatic N) is 1. The molecule has 0 bridgehead atoms. The Morgan fingerprint density at radius 2 is 2.00 bits per heavy atom. The van der Waals surface area contributed by atoms with Crippen LogP contribution in [-0.4, -0.2) is 35.8 Å². The molecule has 0 radical (unpaired) electrons. The normalized spacial score (nSPS) is 17.0. The predicted molar refractivity (Wildman–Crippen MR) is 83.8 cm³/mol. The molecular weight excluding hydrogens is 313 g/mol. The van der Waals surface area contributed by atoms with Crippen LogP contribution in [-0.2, 0) is 16.1 Å². The van der Waals surface area contributed by atoms with E-state index in [0.717, 1.165) is 18.4 Å². The monoisotopic (exact) mass is 331 g/mol. The van der Waals surface area contributed by atoms with Crippen molar-refractivity contribution in [1.29, 1.82) is 0 Å². The Balaban J connectivity index is 1.76. The average molecular weight is 331 g/mol. The number of Topliss-reactive ketones (excluding diaryl/α,β-unsaturated/α-hetero) is 1. The molecule has 0 aliphatic carbocycles. The number of hydrogen-bond donors (Lipinski definition) is 0. The van der Waals surface area contributed by atoms with Crippen molar-refractivity contribution >= 4 is 11.7 Å². The van der Waals surface area contributed by atoms with Gasteiger partial charge in [-0.15, -0.1) is 0 Å². The number of benzene rings is 1. The van der Waals surface area contributed by atoms with Gasteiger partial charge >= 0.3 is 0 Å². The Labute approximate surface area is 139 Å². The van der Waals surface area contributed by atoms with Crippen molar-refractivity contribution in [1.82, 2.24) is 4.90 Å². The minimum Gasteiger partial charge on any atom is -0.461 e. The van der Waals surface area contributed by atoms with Crippen molar-refractivity contribution in [3.8, 4) is 0 Å². The minimum absolute atomic E-state index is 0.0106. The van der Waals surface area contributed by atoms with Crippen molar-refractivity contribution in [2.75, 3.05) is 13.2 Å². The van der Waals surface area contributed by atoms with E-state index in [1.807, 2.05) is 0 Å². The Hall–Kier alpha value is -2.47. The van der Waals surface area contributed by atoms with Crippen LogP contribution < -0.4 is 0 Å². The number of ether oxygens (including phenoxy) is 1. The summed E-state index contributed by atoms with van der Waals surface area (Å²) < 4.78 is 23.7. The molecule has 2 aromatic rings. The first kappa shape index (κ1) is 16.4. The second kappa shape index (κ2) is 7.40. The van der Waals surface area contributed by atoms with E-state index in [-0.39, 0.29) is 24.2 Å². The number of hydrogen-bond acceptors (Lipinski definition) is 4. The van der Waals surface area contributed by atoms with Gasteiger partial charge in [-0.2, -0.15) is 0 Å². The third-order valence-electron chi connectivity index (χ3n) is 3.96. The number of rotatable bonds is 6. The molecule has 0 unspecified atom stereocenters. The molecule has 1 fully saturated rings. The number of halogens is 1. The lowest BCUT2D eigenvalue weighted by molar-refractivity contribution is -0.128. The summed E-state index contributed by atoms with van der Waals surface area (Å²) in [7, 11) is 0. The second-order valence-electron chi connectivity index (χ2n) is 5.75. The molecule has 126 valence electrons. The fraction of sp³-hybridized carbons (Fsp3) is 0.333. The average Bonchev–Trinajstić information content (AvgIpc) is 3.28. The molecule has 1 aromatic heterocycles. The van der Waals surface area contributed by atoms with Crippen LogP contribution in [0.4, 0.5) is 4.39 Å². The molecule has 0 spiro atoms. The van der Waals surface area contributed by atoms with Crippen molar-refractivity contribution in [3.05, 3.63) is 59.8 Å². The lowest BCUT2D eigenvalue weighted by Crippen LogP contribution is -2.40. The summed E-state index contributed by atoms with van der Waals surface area (Å²) in [5.41, 5.74) is 0.745. The predicted octanol–water partition coefficient (Wildman–Crippen LogP) is 2.81. The number of amides is 1. The van der Waals surface area contributed by atoms with Gasteiger partial charge in [0.1, 0.15) is 5.82 Å². The fourth-order valence-electron chi connectivity index (χ4n) is 2.72. The molecule has 24 heavy (non-hydrogen) atoms. The smallest absolute Gasteiger partial charge is 0.298 e. The standard InChI is InChI=1S/C18H18FNO4/c19-14-7-5-13(6-8-14)11-20(12-15-3-1-9-23-15)18(22)17(21)16-4-2-10-24-16/h2,4-8,10,15H,1,3,9,11-12H2/t15-/m1/s1. The van der Waals surface area contributed by atoms with Crippen LogP contribution in [0.25, 0.3) is 0 Å². The van der Waals surface area contributed by atoms with Gasteiger partial charge < -0.3 is 14.1 Å². The first-order valence-corrected chi connectivity index (χ1v) is 7.86. The molecule has 1 atom stereocenters. The zero-order chi connectivity index (χ0) is 16.9. The Morgan fingerprint density at radius 1 is 1.21 bits per heavy atom. The van der Waals surface area contributed by atoms with E-state index in [1.165, 1.54) is 29.4 Å². The summed E-state index contributed by atoms with van der Waals surface area (Å²) in [4.78, 5) is 26.3. The van der Waals surface area contributed by atoms with Gasteiger partial charge in [0.2, 0.25) is 0 Å². The first-order chi connectivity index (χ1) is 11.6. The third kappa shape index (κ3) is 3.89. The highest BCUT2D eigenvalue weighted by Crippen LogP contribution is 2.17. The van der Waals surface area contributed by atoms with E-state index in [1.54, 1.807) is 18.2 Å². The van der Waals surface area contributed by atoms with Gasteiger partial charge in [-0.25, -0.2) is 4.39 Å². The molecule has 1 aliphatic heterocycles. The van der Waals surface area contributed by atoms with E-state index in [0.29, 0.717) is 13.2 Å². The maximum absolute atomic E-state index is 13.1. The van der Waals surface area contributed by atoms with E-state index < -0.39 is 11.7 Å². The van der Waals surface area contributed by atoms with Crippen LogP contribution in [0, 0.1) is 5.82 Å². The molecule has 1 aromatic carbocycles. The SMILES string of the molecule is O=C(C(=O)N(Cc1ccc(F)cc1)C[C@H]1CCCO1)c1ccco1. The van der Waals surface area contributed by atoms with Crippen molar-refractivity contribution in [3.63, 3.8) is 0 Å². The molecule has 6 heteroatoms. The lowest BCUT2D eigenvalue weighted by atomic mass is 10.1. The zero-order valence-electron chi connectivity index (χ0n) is 13.1. The Morgan fingerprint density at radius 3 is 2.62 bits per heavy atom. The number of carbonyl (C=O) groups is 2. The summed E-state index contributed by atoms with van der Waals surface area (Å²) in [5.74, 6) is -1.68. The van der Waals surface area contributed by atoms with E-state index in [4.69, 9.17) is 9.15 Å². The molecular formula is C18H18FNO4. The molecule has 5 nitrogen and oxygen atoms in total. The number of ketones is 1. The van der Waals surface area contributed by atoms with Crippen molar-refractivity contribution in [2.24, 2.45) is 0 Å². The molecule has 3 rings (SSSR count). The van der Waals surface area contributed by atoms with E-state index in [2.05, 4.69) is 0 Å². The highest BCUT2D eigenvalue weighted by molar-refractivity contribution is 6.41.